The number of nitrogens with zero attached hydrogens (tertiary/aromatic N) is 1. The topological polar surface area (TPSA) is 66.8 Å². The maximum absolute atomic E-state index is 13.8. The summed E-state index contributed by atoms with van der Waals surface area (Å²) in [6.07, 6.45) is -16.1. The molecule has 0 fully saturated rings. The first-order valence-electron chi connectivity index (χ1n) is 7.46. The van der Waals surface area contributed by atoms with E-state index in [1.807, 2.05) is 0 Å². The van der Waals surface area contributed by atoms with E-state index in [1.54, 1.807) is 0 Å². The third kappa shape index (κ3) is 5.04. The lowest BCUT2D eigenvalue weighted by Crippen LogP contribution is -2.71. The van der Waals surface area contributed by atoms with Gasteiger partial charge >= 0.3 is 24.5 Å². The van der Waals surface area contributed by atoms with Gasteiger partial charge in [0.1, 0.15) is 5.60 Å². The maximum Gasteiger partial charge on any atom is 0.491 e. The predicted octanol–water partition coefficient (Wildman–Crippen LogP) is 4.37. The van der Waals surface area contributed by atoms with Crippen LogP contribution in [-0.2, 0) is 16.0 Å². The molecule has 1 aromatic rings. The van der Waals surface area contributed by atoms with E-state index in [2.05, 4.69) is 4.74 Å². The van der Waals surface area contributed by atoms with Crippen molar-refractivity contribution in [2.24, 2.45) is 0 Å². The highest BCUT2D eigenvalue weighted by atomic mass is 19.4. The van der Waals surface area contributed by atoms with Gasteiger partial charge in [-0.2, -0.15) is 18.1 Å². The molecule has 152 valence electrons. The summed E-state index contributed by atoms with van der Waals surface area (Å²) in [7, 11) is 0. The van der Waals surface area contributed by atoms with Crippen molar-refractivity contribution in [2.45, 2.75) is 50.8 Å². The third-order valence-corrected chi connectivity index (χ3v) is 3.34. The van der Waals surface area contributed by atoms with E-state index in [1.165, 1.54) is 18.2 Å². The Balaban J connectivity index is 3.69. The van der Waals surface area contributed by atoms with Gasteiger partial charge in [0, 0.05) is 6.42 Å². The summed E-state index contributed by atoms with van der Waals surface area (Å²) in [4.78, 5) is 21.9. The van der Waals surface area contributed by atoms with Crippen LogP contribution in [0.15, 0.2) is 30.3 Å². The molecule has 0 aliphatic rings. The molecule has 0 aliphatic heterocycles. The molecule has 0 bridgehead atoms. The number of amides is 1. The van der Waals surface area contributed by atoms with E-state index in [-0.39, 0.29) is 5.56 Å². The summed E-state index contributed by atoms with van der Waals surface area (Å²) >= 11 is 0. The molecule has 27 heavy (non-hydrogen) atoms. The summed E-state index contributed by atoms with van der Waals surface area (Å²) in [6, 6.07) is 5.88. The van der Waals surface area contributed by atoms with Gasteiger partial charge in [0.05, 0.1) is 0 Å². The second-order valence-electron chi connectivity index (χ2n) is 6.61. The molecule has 11 heteroatoms. The highest BCUT2D eigenvalue weighted by molar-refractivity contribution is 5.86. The fourth-order valence-electron chi connectivity index (χ4n) is 2.27. The fraction of sp³-hybridized carbons (Fsp3) is 0.500. The number of benzene rings is 1. The lowest BCUT2D eigenvalue weighted by Gasteiger charge is -2.42. The first-order valence-corrected chi connectivity index (χ1v) is 7.46. The van der Waals surface area contributed by atoms with E-state index in [9.17, 15) is 41.0 Å². The van der Waals surface area contributed by atoms with E-state index < -0.39 is 47.0 Å². The average molecular weight is 401 g/mol. The van der Waals surface area contributed by atoms with Crippen LogP contribution in [0.2, 0.25) is 0 Å². The minimum Gasteiger partial charge on any atom is -0.479 e. The number of hydrogen-bond donors (Lipinski definition) is 1. The van der Waals surface area contributed by atoms with Crippen LogP contribution in [0.4, 0.5) is 31.1 Å². The van der Waals surface area contributed by atoms with Gasteiger partial charge in [0.25, 0.3) is 0 Å². The van der Waals surface area contributed by atoms with Gasteiger partial charge in [-0.1, -0.05) is 30.3 Å². The van der Waals surface area contributed by atoms with Crippen molar-refractivity contribution < 1.29 is 45.8 Å². The van der Waals surface area contributed by atoms with Crippen LogP contribution < -0.4 is 0 Å². The first-order chi connectivity index (χ1) is 12.0. The summed E-state index contributed by atoms with van der Waals surface area (Å²) in [5.41, 5.74) is -6.58. The van der Waals surface area contributed by atoms with E-state index in [0.717, 1.165) is 32.9 Å². The highest BCUT2D eigenvalue weighted by Gasteiger charge is 2.72. The van der Waals surface area contributed by atoms with Crippen molar-refractivity contribution in [3.05, 3.63) is 35.9 Å². The molecule has 0 radical (unpaired) electrons. The van der Waals surface area contributed by atoms with Crippen LogP contribution in [0.3, 0.4) is 0 Å². The van der Waals surface area contributed by atoms with Crippen LogP contribution in [0.1, 0.15) is 26.3 Å². The minimum atomic E-state index is -5.98. The first kappa shape index (κ1) is 22.6. The van der Waals surface area contributed by atoms with Crippen molar-refractivity contribution in [3.63, 3.8) is 0 Å². The Morgan fingerprint density at radius 3 is 1.81 bits per heavy atom. The Morgan fingerprint density at radius 2 is 1.48 bits per heavy atom. The molecular formula is C16H17F6NO4. The van der Waals surface area contributed by atoms with Gasteiger partial charge in [-0.05, 0) is 26.3 Å². The number of ether oxygens (including phenoxy) is 1. The minimum absolute atomic E-state index is 0.366. The number of halogens is 6. The average Bonchev–Trinajstić information content (AvgIpc) is 2.42. The van der Waals surface area contributed by atoms with E-state index in [4.69, 9.17) is 0 Å². The SMILES string of the molecule is CC(C)(C)OC(=O)N(C(F)(F)F)[C@@](Cc1ccccc1)(C(=O)O)C(F)(F)F. The number of hydrogen-bond acceptors (Lipinski definition) is 3. The van der Waals surface area contributed by atoms with Gasteiger partial charge in [-0.25, -0.2) is 9.59 Å². The van der Waals surface area contributed by atoms with Gasteiger partial charge in [-0.3, -0.25) is 0 Å². The molecule has 0 saturated carbocycles. The summed E-state index contributed by atoms with van der Waals surface area (Å²) in [5.74, 6) is -2.89. The Bertz CT molecular complexity index is 681. The number of carbonyl (C=O) groups is 2. The molecule has 1 aromatic carbocycles. The van der Waals surface area contributed by atoms with Crippen molar-refractivity contribution >= 4 is 12.1 Å². The molecular weight excluding hydrogens is 384 g/mol. The molecule has 0 saturated heterocycles. The second kappa shape index (κ2) is 7.28. The van der Waals surface area contributed by atoms with Crippen LogP contribution in [-0.4, -0.2) is 45.7 Å². The van der Waals surface area contributed by atoms with Crippen molar-refractivity contribution in [2.75, 3.05) is 0 Å². The number of aliphatic carboxylic acids is 1. The Hall–Kier alpha value is -2.46. The van der Waals surface area contributed by atoms with E-state index >= 15 is 0 Å². The molecule has 5 nitrogen and oxygen atoms in total. The molecule has 0 heterocycles. The van der Waals surface area contributed by atoms with Gasteiger partial charge in [-0.15, -0.1) is 13.2 Å². The number of alkyl halides is 6. The zero-order valence-electron chi connectivity index (χ0n) is 14.5. The lowest BCUT2D eigenvalue weighted by atomic mass is 9.88. The van der Waals surface area contributed by atoms with Gasteiger partial charge < -0.3 is 9.84 Å². The standard InChI is InChI=1S/C16H17F6NO4/c1-13(2,3)27-12(26)23(16(20,21)22)14(11(24)25,15(17,18)19)9-10-7-5-4-6-8-10/h4-8H,9H2,1-3H3,(H,24,25)/t14-/m0/s1. The summed E-state index contributed by atoms with van der Waals surface area (Å²) in [6.45, 7) is 3.39. The zero-order valence-corrected chi connectivity index (χ0v) is 14.5. The molecule has 0 spiro atoms. The molecule has 0 unspecified atom stereocenters. The van der Waals surface area contributed by atoms with E-state index in [0.29, 0.717) is 0 Å². The summed E-state index contributed by atoms with van der Waals surface area (Å²) in [5, 5.41) is 9.23. The second-order valence-corrected chi connectivity index (χ2v) is 6.61. The molecule has 1 atom stereocenters. The molecule has 1 rings (SSSR count). The number of carboxylic acids is 1. The normalized spacial score (nSPS) is 15.0. The van der Waals surface area contributed by atoms with Crippen LogP contribution in [0, 0.1) is 0 Å². The fourth-order valence-corrected chi connectivity index (χ4v) is 2.27. The van der Waals surface area contributed by atoms with Crippen LogP contribution in [0.5, 0.6) is 0 Å². The Labute approximate surface area is 150 Å². The van der Waals surface area contributed by atoms with Crippen molar-refractivity contribution in [1.82, 2.24) is 4.90 Å². The predicted molar refractivity (Wildman–Crippen MR) is 80.7 cm³/mol. The van der Waals surface area contributed by atoms with Crippen molar-refractivity contribution in [1.29, 1.82) is 0 Å². The maximum atomic E-state index is 13.8. The third-order valence-electron chi connectivity index (χ3n) is 3.34. The largest absolute Gasteiger partial charge is 0.491 e. The smallest absolute Gasteiger partial charge is 0.479 e. The molecule has 1 N–H and O–H groups in total. The zero-order chi connectivity index (χ0) is 21.3. The highest BCUT2D eigenvalue weighted by Crippen LogP contribution is 2.44. The Morgan fingerprint density at radius 1 is 1.00 bits per heavy atom. The van der Waals surface area contributed by atoms with Crippen LogP contribution >= 0.6 is 0 Å². The molecule has 0 aliphatic carbocycles. The molecule has 1 amide bonds. The van der Waals surface area contributed by atoms with Crippen LogP contribution in [0.25, 0.3) is 0 Å². The lowest BCUT2D eigenvalue weighted by molar-refractivity contribution is -0.315. The Kier molecular flexibility index (Phi) is 6.09. The van der Waals surface area contributed by atoms with Gasteiger partial charge in [0.2, 0.25) is 5.54 Å². The number of carboxylic acid groups (broad SMARTS) is 1. The monoisotopic (exact) mass is 401 g/mol. The number of carbonyl (C=O) groups excluding carboxylic acids is 1. The molecule has 0 aromatic heterocycles. The van der Waals surface area contributed by atoms with Gasteiger partial charge in [0.15, 0.2) is 0 Å². The number of rotatable bonds is 4. The summed E-state index contributed by atoms with van der Waals surface area (Å²) < 4.78 is 86.2. The quantitative estimate of drug-likeness (QED) is 0.601. The van der Waals surface area contributed by atoms with Crippen molar-refractivity contribution in [3.8, 4) is 0 Å².